The summed E-state index contributed by atoms with van der Waals surface area (Å²) in [5, 5.41) is 31.5. The highest BCUT2D eigenvalue weighted by Crippen LogP contribution is 2.24. The molecule has 0 fully saturated rings. The lowest BCUT2D eigenvalue weighted by Crippen LogP contribution is -2.21. The molecule has 2 rings (SSSR count). The summed E-state index contributed by atoms with van der Waals surface area (Å²) in [6.45, 7) is 2.74. The Labute approximate surface area is 118 Å². The molecule has 1 unspecified atom stereocenters. The number of nitrogens with one attached hydrogen (secondary N) is 1. The topological polar surface area (TPSA) is 72.7 Å². The van der Waals surface area contributed by atoms with Crippen molar-refractivity contribution in [3.8, 4) is 17.2 Å². The van der Waals surface area contributed by atoms with Crippen molar-refractivity contribution < 1.29 is 15.3 Å². The highest BCUT2D eigenvalue weighted by atomic mass is 16.3. The molecule has 0 aliphatic carbocycles. The predicted molar refractivity (Wildman–Crippen MR) is 78.0 cm³/mol. The number of phenols is 3. The van der Waals surface area contributed by atoms with Crippen molar-refractivity contribution in [1.82, 2.24) is 5.32 Å². The predicted octanol–water partition coefficient (Wildman–Crippen LogP) is 2.70. The number of hydrogen-bond donors (Lipinski definition) is 4. The average Bonchev–Trinajstić information content (AvgIpc) is 2.40. The number of phenolic OH excluding ortho intramolecular Hbond substituents is 3. The molecule has 0 amide bonds. The van der Waals surface area contributed by atoms with Crippen molar-refractivity contribution in [2.75, 3.05) is 6.54 Å². The van der Waals surface area contributed by atoms with Crippen molar-refractivity contribution in [3.05, 3.63) is 53.6 Å². The van der Waals surface area contributed by atoms with E-state index in [0.717, 1.165) is 24.1 Å². The van der Waals surface area contributed by atoms with Gasteiger partial charge >= 0.3 is 0 Å². The van der Waals surface area contributed by atoms with Crippen LogP contribution in [0.15, 0.2) is 42.5 Å². The van der Waals surface area contributed by atoms with E-state index in [1.807, 2.05) is 19.1 Å². The average molecular weight is 273 g/mol. The second-order valence-electron chi connectivity index (χ2n) is 4.88. The van der Waals surface area contributed by atoms with Gasteiger partial charge in [0, 0.05) is 12.1 Å². The minimum Gasteiger partial charge on any atom is -0.508 e. The SMILES string of the molecule is CC(NCCc1ccc(O)cc1)c1cc(O)cc(O)c1. The molecular weight excluding hydrogens is 254 g/mol. The summed E-state index contributed by atoms with van der Waals surface area (Å²) in [5.41, 5.74) is 1.98. The van der Waals surface area contributed by atoms with Gasteiger partial charge in [0.2, 0.25) is 0 Å². The fourth-order valence-electron chi connectivity index (χ4n) is 2.08. The maximum absolute atomic E-state index is 9.46. The Morgan fingerprint density at radius 2 is 1.50 bits per heavy atom. The minimum atomic E-state index is 0.0325. The molecule has 0 aromatic heterocycles. The van der Waals surface area contributed by atoms with Crippen molar-refractivity contribution in [2.24, 2.45) is 0 Å². The van der Waals surface area contributed by atoms with E-state index in [1.54, 1.807) is 24.3 Å². The maximum atomic E-state index is 9.46. The van der Waals surface area contributed by atoms with E-state index in [2.05, 4.69) is 5.32 Å². The molecular formula is C16H19NO3. The highest BCUT2D eigenvalue weighted by Gasteiger charge is 2.07. The first-order valence-electron chi connectivity index (χ1n) is 6.59. The molecule has 0 spiro atoms. The van der Waals surface area contributed by atoms with Gasteiger partial charge in [-0.3, -0.25) is 0 Å². The van der Waals surface area contributed by atoms with Crippen molar-refractivity contribution in [3.63, 3.8) is 0 Å². The van der Waals surface area contributed by atoms with Crippen LogP contribution in [0.1, 0.15) is 24.1 Å². The quantitative estimate of drug-likeness (QED) is 0.676. The van der Waals surface area contributed by atoms with Crippen molar-refractivity contribution in [1.29, 1.82) is 0 Å². The zero-order valence-corrected chi connectivity index (χ0v) is 11.4. The molecule has 0 bridgehead atoms. The van der Waals surface area contributed by atoms with Gasteiger partial charge in [-0.15, -0.1) is 0 Å². The second kappa shape index (κ2) is 6.30. The first-order valence-corrected chi connectivity index (χ1v) is 6.59. The van der Waals surface area contributed by atoms with Gasteiger partial charge in [0.25, 0.3) is 0 Å². The van der Waals surface area contributed by atoms with Gasteiger partial charge in [0.05, 0.1) is 0 Å². The first kappa shape index (κ1) is 14.2. The molecule has 1 atom stereocenters. The van der Waals surface area contributed by atoms with Gasteiger partial charge in [0.1, 0.15) is 17.2 Å². The van der Waals surface area contributed by atoms with E-state index < -0.39 is 0 Å². The third-order valence-electron chi connectivity index (χ3n) is 3.23. The van der Waals surface area contributed by atoms with Crippen molar-refractivity contribution in [2.45, 2.75) is 19.4 Å². The van der Waals surface area contributed by atoms with Gasteiger partial charge < -0.3 is 20.6 Å². The van der Waals surface area contributed by atoms with Crippen LogP contribution in [0, 0.1) is 0 Å². The van der Waals surface area contributed by atoms with Crippen molar-refractivity contribution >= 4 is 0 Å². The van der Waals surface area contributed by atoms with E-state index in [-0.39, 0.29) is 23.3 Å². The molecule has 4 nitrogen and oxygen atoms in total. The second-order valence-corrected chi connectivity index (χ2v) is 4.88. The molecule has 20 heavy (non-hydrogen) atoms. The summed E-state index contributed by atoms with van der Waals surface area (Å²) in [6.07, 6.45) is 0.843. The fourth-order valence-corrected chi connectivity index (χ4v) is 2.08. The van der Waals surface area contributed by atoms with Crippen LogP contribution in [0.25, 0.3) is 0 Å². The monoisotopic (exact) mass is 273 g/mol. The Hall–Kier alpha value is -2.20. The third-order valence-corrected chi connectivity index (χ3v) is 3.23. The molecule has 0 aliphatic heterocycles. The van der Waals surface area contributed by atoms with Crippen LogP contribution in [0.3, 0.4) is 0 Å². The zero-order chi connectivity index (χ0) is 14.5. The summed E-state index contributed by atoms with van der Waals surface area (Å²) >= 11 is 0. The number of aromatic hydroxyl groups is 3. The van der Waals surface area contributed by atoms with Crippen LogP contribution in [0.5, 0.6) is 17.2 Å². The van der Waals surface area contributed by atoms with Gasteiger partial charge in [-0.1, -0.05) is 12.1 Å². The lowest BCUT2D eigenvalue weighted by molar-refractivity contribution is 0.446. The van der Waals surface area contributed by atoms with E-state index >= 15 is 0 Å². The maximum Gasteiger partial charge on any atom is 0.119 e. The molecule has 0 aliphatic rings. The molecule has 0 radical (unpaired) electrons. The Kier molecular flexibility index (Phi) is 4.48. The summed E-state index contributed by atoms with van der Waals surface area (Å²) < 4.78 is 0. The van der Waals surface area contributed by atoms with Crippen LogP contribution in [0.4, 0.5) is 0 Å². The van der Waals surface area contributed by atoms with Crippen LogP contribution in [-0.4, -0.2) is 21.9 Å². The molecule has 2 aromatic rings. The lowest BCUT2D eigenvalue weighted by atomic mass is 10.1. The standard InChI is InChI=1S/C16H19NO3/c1-11(13-8-15(19)10-16(20)9-13)17-7-6-12-2-4-14(18)5-3-12/h2-5,8-11,17-20H,6-7H2,1H3. The molecule has 0 saturated heterocycles. The summed E-state index contributed by atoms with van der Waals surface area (Å²) in [7, 11) is 0. The van der Waals surface area contributed by atoms with Crippen LogP contribution in [0.2, 0.25) is 0 Å². The Morgan fingerprint density at radius 1 is 0.900 bits per heavy atom. The molecule has 106 valence electrons. The highest BCUT2D eigenvalue weighted by molar-refractivity contribution is 5.38. The molecule has 2 aromatic carbocycles. The van der Waals surface area contributed by atoms with Crippen LogP contribution in [-0.2, 0) is 6.42 Å². The normalized spacial score (nSPS) is 12.2. The third kappa shape index (κ3) is 3.90. The Balaban J connectivity index is 1.88. The van der Waals surface area contributed by atoms with Crippen LogP contribution >= 0.6 is 0 Å². The minimum absolute atomic E-state index is 0.0325. The van der Waals surface area contributed by atoms with E-state index in [0.29, 0.717) is 0 Å². The van der Waals surface area contributed by atoms with Gasteiger partial charge in [-0.25, -0.2) is 0 Å². The van der Waals surface area contributed by atoms with E-state index in [1.165, 1.54) is 6.07 Å². The van der Waals surface area contributed by atoms with Gasteiger partial charge in [0.15, 0.2) is 0 Å². The number of rotatable bonds is 5. The molecule has 0 saturated carbocycles. The molecule has 4 heteroatoms. The van der Waals surface area contributed by atoms with E-state index in [4.69, 9.17) is 0 Å². The largest absolute Gasteiger partial charge is 0.508 e. The Bertz CT molecular complexity index is 546. The van der Waals surface area contributed by atoms with Gasteiger partial charge in [-0.2, -0.15) is 0 Å². The summed E-state index contributed by atoms with van der Waals surface area (Å²) in [4.78, 5) is 0. The molecule has 0 heterocycles. The summed E-state index contributed by atoms with van der Waals surface area (Å²) in [6, 6.07) is 11.7. The zero-order valence-electron chi connectivity index (χ0n) is 11.4. The fraction of sp³-hybridized carbons (Fsp3) is 0.250. The smallest absolute Gasteiger partial charge is 0.119 e. The first-order chi connectivity index (χ1) is 9.54. The number of benzene rings is 2. The van der Waals surface area contributed by atoms with Gasteiger partial charge in [-0.05, 0) is 55.3 Å². The number of hydrogen-bond acceptors (Lipinski definition) is 4. The van der Waals surface area contributed by atoms with E-state index in [9.17, 15) is 15.3 Å². The lowest BCUT2D eigenvalue weighted by Gasteiger charge is -2.15. The Morgan fingerprint density at radius 3 is 2.10 bits per heavy atom. The molecule has 4 N–H and O–H groups in total. The summed E-state index contributed by atoms with van der Waals surface area (Å²) in [5.74, 6) is 0.393. The van der Waals surface area contributed by atoms with Crippen LogP contribution < -0.4 is 5.32 Å².